The van der Waals surface area contributed by atoms with Crippen molar-refractivity contribution in [3.8, 4) is 0 Å². The number of hydrogen-bond donors (Lipinski definition) is 2. The number of carboxylic acids is 1. The first-order valence-corrected chi connectivity index (χ1v) is 12.3. The van der Waals surface area contributed by atoms with Crippen molar-refractivity contribution in [2.24, 2.45) is 29.1 Å². The van der Waals surface area contributed by atoms with Gasteiger partial charge in [0.2, 0.25) is 0 Å². The van der Waals surface area contributed by atoms with Gasteiger partial charge in [-0.1, -0.05) is 38.3 Å². The molecular formula is C24H34ClN3O3. The number of carboxylic acid groups (broad SMARTS) is 1. The molecule has 0 unspecified atom stereocenters. The second-order valence-corrected chi connectivity index (χ2v) is 11.7. The van der Waals surface area contributed by atoms with Crippen molar-refractivity contribution < 1.29 is 9.90 Å². The molecule has 7 heteroatoms. The van der Waals surface area contributed by atoms with Crippen LogP contribution in [0.3, 0.4) is 0 Å². The molecule has 170 valence electrons. The topological polar surface area (TPSA) is 84.2 Å². The van der Waals surface area contributed by atoms with Crippen LogP contribution in [0.2, 0.25) is 5.02 Å². The molecule has 6 rings (SSSR count). The van der Waals surface area contributed by atoms with Crippen LogP contribution in [0, 0.1) is 29.1 Å². The number of rotatable bonds is 5. The first-order valence-electron chi connectivity index (χ1n) is 12.0. The summed E-state index contributed by atoms with van der Waals surface area (Å²) in [7, 11) is 0. The average Bonchev–Trinajstić information content (AvgIpc) is 2.66. The Labute approximate surface area is 188 Å². The molecule has 5 atom stereocenters. The molecule has 0 radical (unpaired) electrons. The molecule has 6 nitrogen and oxygen atoms in total. The minimum Gasteiger partial charge on any atom is -0.481 e. The summed E-state index contributed by atoms with van der Waals surface area (Å²) >= 11 is 6.63. The molecule has 1 aromatic heterocycles. The van der Waals surface area contributed by atoms with Crippen LogP contribution >= 0.6 is 11.6 Å². The van der Waals surface area contributed by atoms with Crippen molar-refractivity contribution in [3.63, 3.8) is 0 Å². The van der Waals surface area contributed by atoms with E-state index in [9.17, 15) is 14.7 Å². The quantitative estimate of drug-likeness (QED) is 0.670. The summed E-state index contributed by atoms with van der Waals surface area (Å²) < 4.78 is 1.64. The monoisotopic (exact) mass is 447 g/mol. The lowest BCUT2D eigenvalue weighted by molar-refractivity contribution is -0.151. The number of anilines is 1. The maximum atomic E-state index is 13.4. The average molecular weight is 448 g/mol. The lowest BCUT2D eigenvalue weighted by Gasteiger charge is -2.61. The third-order valence-electron chi connectivity index (χ3n) is 9.09. The van der Waals surface area contributed by atoms with Gasteiger partial charge in [0.25, 0.3) is 5.56 Å². The Kier molecular flexibility index (Phi) is 5.15. The lowest BCUT2D eigenvalue weighted by Crippen LogP contribution is -2.59. The Morgan fingerprint density at radius 2 is 1.97 bits per heavy atom. The van der Waals surface area contributed by atoms with Crippen LogP contribution < -0.4 is 10.9 Å². The molecule has 2 N–H and O–H groups in total. The molecule has 0 amide bonds. The van der Waals surface area contributed by atoms with Crippen LogP contribution in [0.5, 0.6) is 0 Å². The molecule has 1 heterocycles. The van der Waals surface area contributed by atoms with Crippen molar-refractivity contribution in [1.29, 1.82) is 0 Å². The van der Waals surface area contributed by atoms with E-state index < -0.39 is 5.97 Å². The van der Waals surface area contributed by atoms with Gasteiger partial charge in [0, 0.05) is 6.04 Å². The number of aliphatic carboxylic acids is 1. The molecule has 5 aliphatic carbocycles. The third kappa shape index (κ3) is 3.59. The number of nitrogens with zero attached hydrogens (tertiary/aromatic N) is 2. The van der Waals surface area contributed by atoms with Crippen molar-refractivity contribution >= 4 is 23.3 Å². The zero-order valence-corrected chi connectivity index (χ0v) is 19.3. The van der Waals surface area contributed by atoms with E-state index in [0.29, 0.717) is 35.4 Å². The van der Waals surface area contributed by atoms with Gasteiger partial charge in [0.1, 0.15) is 5.02 Å². The Bertz CT molecular complexity index is 930. The summed E-state index contributed by atoms with van der Waals surface area (Å²) in [5, 5.41) is 17.9. The smallest absolute Gasteiger partial charge is 0.303 e. The van der Waals surface area contributed by atoms with E-state index in [1.165, 1.54) is 12.8 Å². The van der Waals surface area contributed by atoms with Crippen molar-refractivity contribution in [2.45, 2.75) is 89.6 Å². The standard InChI is InChI=1S/C24H34ClN3O3/c1-14-4-3-5-18(15(14)2)27-19-12-26-28(22(31)21(19)25)24-9-16-6-17(10-24)8-23(7-16,13-24)11-20(29)30/h12,14-18,27H,3-11,13H2,1-2H3,(H,29,30)/t14-,15-,16+,17+,18+,23?,24?/m1/s1. The van der Waals surface area contributed by atoms with Gasteiger partial charge in [-0.05, 0) is 74.0 Å². The minimum absolute atomic E-state index is 0.196. The molecule has 31 heavy (non-hydrogen) atoms. The lowest BCUT2D eigenvalue weighted by atomic mass is 9.46. The highest BCUT2D eigenvalue weighted by atomic mass is 35.5. The maximum absolute atomic E-state index is 13.4. The summed E-state index contributed by atoms with van der Waals surface area (Å²) in [4.78, 5) is 25.0. The predicted octanol–water partition coefficient (Wildman–Crippen LogP) is 4.90. The van der Waals surface area contributed by atoms with Gasteiger partial charge in [-0.2, -0.15) is 5.10 Å². The molecule has 5 saturated carbocycles. The largest absolute Gasteiger partial charge is 0.481 e. The van der Waals surface area contributed by atoms with Crippen LogP contribution in [0.15, 0.2) is 11.0 Å². The molecular weight excluding hydrogens is 414 g/mol. The van der Waals surface area contributed by atoms with E-state index in [2.05, 4.69) is 24.3 Å². The fraction of sp³-hybridized carbons (Fsp3) is 0.792. The van der Waals surface area contributed by atoms with Gasteiger partial charge in [0.15, 0.2) is 0 Å². The molecule has 0 spiro atoms. The molecule has 0 saturated heterocycles. The Morgan fingerprint density at radius 3 is 2.65 bits per heavy atom. The number of carbonyl (C=O) groups is 1. The summed E-state index contributed by atoms with van der Waals surface area (Å²) in [6, 6.07) is 0.302. The summed E-state index contributed by atoms with van der Waals surface area (Å²) in [6.07, 6.45) is 11.1. The van der Waals surface area contributed by atoms with Gasteiger partial charge < -0.3 is 10.4 Å². The first kappa shape index (κ1) is 21.3. The Hall–Kier alpha value is -1.56. The molecule has 5 fully saturated rings. The van der Waals surface area contributed by atoms with Gasteiger partial charge in [-0.25, -0.2) is 4.68 Å². The van der Waals surface area contributed by atoms with E-state index in [4.69, 9.17) is 11.6 Å². The molecule has 5 aliphatic rings. The zero-order valence-electron chi connectivity index (χ0n) is 18.6. The highest BCUT2D eigenvalue weighted by molar-refractivity contribution is 6.32. The van der Waals surface area contributed by atoms with Gasteiger partial charge >= 0.3 is 5.97 Å². The van der Waals surface area contributed by atoms with Gasteiger partial charge in [-0.15, -0.1) is 0 Å². The number of nitrogens with one attached hydrogen (secondary N) is 1. The maximum Gasteiger partial charge on any atom is 0.303 e. The Balaban J connectivity index is 1.45. The normalized spacial score (nSPS) is 41.3. The second kappa shape index (κ2) is 7.50. The number of halogens is 1. The fourth-order valence-electron chi connectivity index (χ4n) is 8.03. The molecule has 0 aromatic carbocycles. The summed E-state index contributed by atoms with van der Waals surface area (Å²) in [5.74, 6) is 1.40. The highest BCUT2D eigenvalue weighted by Crippen LogP contribution is 2.65. The van der Waals surface area contributed by atoms with Crippen LogP contribution in [0.4, 0.5) is 5.69 Å². The van der Waals surface area contributed by atoms with Crippen LogP contribution in [-0.2, 0) is 10.3 Å². The predicted molar refractivity (Wildman–Crippen MR) is 120 cm³/mol. The number of aromatic nitrogens is 2. The molecule has 4 bridgehead atoms. The van der Waals surface area contributed by atoms with Gasteiger partial charge in [0.05, 0.1) is 23.8 Å². The zero-order chi connectivity index (χ0) is 22.0. The second-order valence-electron chi connectivity index (χ2n) is 11.4. The van der Waals surface area contributed by atoms with Crippen molar-refractivity contribution in [3.05, 3.63) is 21.6 Å². The summed E-state index contributed by atoms with van der Waals surface area (Å²) in [6.45, 7) is 4.55. The van der Waals surface area contributed by atoms with Crippen LogP contribution in [-0.4, -0.2) is 26.9 Å². The summed E-state index contributed by atoms with van der Waals surface area (Å²) in [5.41, 5.74) is -0.172. The van der Waals surface area contributed by atoms with E-state index in [1.807, 2.05) is 0 Å². The van der Waals surface area contributed by atoms with Crippen molar-refractivity contribution in [2.75, 3.05) is 5.32 Å². The van der Waals surface area contributed by atoms with Gasteiger partial charge in [-0.3, -0.25) is 9.59 Å². The van der Waals surface area contributed by atoms with E-state index >= 15 is 0 Å². The highest BCUT2D eigenvalue weighted by Gasteiger charge is 2.59. The molecule has 1 aromatic rings. The third-order valence-corrected chi connectivity index (χ3v) is 9.46. The van der Waals surface area contributed by atoms with E-state index in [1.54, 1.807) is 10.9 Å². The SMILES string of the molecule is C[C@@H]1[C@H](C)CCC[C@@H]1Nc1cnn(C23C[C@H]4C[C@@H](CC(CC(=O)O)(C4)C2)C3)c(=O)c1Cl. The molecule has 0 aliphatic heterocycles. The van der Waals surface area contributed by atoms with Crippen molar-refractivity contribution in [1.82, 2.24) is 9.78 Å². The minimum atomic E-state index is -0.731. The van der Waals surface area contributed by atoms with E-state index in [0.717, 1.165) is 44.9 Å². The first-order chi connectivity index (χ1) is 14.7. The number of hydrogen-bond acceptors (Lipinski definition) is 4. The van der Waals surface area contributed by atoms with Crippen LogP contribution in [0.25, 0.3) is 0 Å². The van der Waals surface area contributed by atoms with Crippen LogP contribution in [0.1, 0.15) is 78.1 Å². The Morgan fingerprint density at radius 1 is 1.26 bits per heavy atom. The fourth-order valence-corrected chi connectivity index (χ4v) is 8.22. The van der Waals surface area contributed by atoms with E-state index in [-0.39, 0.29) is 28.0 Å².